The average molecular weight is 455 g/mol. The van der Waals surface area contributed by atoms with Crippen molar-refractivity contribution in [3.8, 4) is 22.9 Å². The normalized spacial score (nSPS) is 10.5. The van der Waals surface area contributed by atoms with E-state index >= 15 is 0 Å². The maximum atomic E-state index is 12.7. The molecule has 1 aromatic heterocycles. The van der Waals surface area contributed by atoms with E-state index in [-0.39, 0.29) is 10.8 Å². The molecule has 2 aromatic carbocycles. The zero-order valence-electron chi connectivity index (χ0n) is 12.6. The van der Waals surface area contributed by atoms with Gasteiger partial charge in [-0.25, -0.2) is 0 Å². The van der Waals surface area contributed by atoms with Gasteiger partial charge in [0.2, 0.25) is 5.75 Å². The maximum Gasteiger partial charge on any atom is 0.316 e. The smallest absolute Gasteiger partial charge is 0.316 e. The summed E-state index contributed by atoms with van der Waals surface area (Å²) < 4.78 is 13.1. The summed E-state index contributed by atoms with van der Waals surface area (Å²) in [7, 11) is 1.58. The SMILES string of the molecule is COc1ccc(Oc2c(Cl)cnn(-c3ccc(I)cc3)c2=O)cc1. The number of aromatic nitrogens is 2. The minimum Gasteiger partial charge on any atom is -0.497 e. The zero-order valence-corrected chi connectivity index (χ0v) is 15.5. The van der Waals surface area contributed by atoms with Gasteiger partial charge >= 0.3 is 5.56 Å². The van der Waals surface area contributed by atoms with Gasteiger partial charge in [0.15, 0.2) is 0 Å². The van der Waals surface area contributed by atoms with Crippen molar-refractivity contribution in [2.45, 2.75) is 0 Å². The van der Waals surface area contributed by atoms with Crippen molar-refractivity contribution in [1.82, 2.24) is 9.78 Å². The lowest BCUT2D eigenvalue weighted by Gasteiger charge is -2.10. The highest BCUT2D eigenvalue weighted by molar-refractivity contribution is 14.1. The van der Waals surface area contributed by atoms with Crippen molar-refractivity contribution in [3.63, 3.8) is 0 Å². The number of hydrogen-bond acceptors (Lipinski definition) is 4. The fraction of sp³-hybridized carbons (Fsp3) is 0.0588. The lowest BCUT2D eigenvalue weighted by atomic mass is 10.3. The lowest BCUT2D eigenvalue weighted by molar-refractivity contribution is 0.412. The second-order valence-corrected chi connectivity index (χ2v) is 6.45. The second kappa shape index (κ2) is 7.23. The molecule has 5 nitrogen and oxygen atoms in total. The molecule has 0 aliphatic heterocycles. The van der Waals surface area contributed by atoms with Crippen LogP contribution in [0, 0.1) is 3.57 Å². The molecule has 0 aliphatic rings. The summed E-state index contributed by atoms with van der Waals surface area (Å²) >= 11 is 8.29. The van der Waals surface area contributed by atoms with Crippen LogP contribution in [0.15, 0.2) is 59.5 Å². The number of benzene rings is 2. The molecular formula is C17H12ClIN2O3. The minimum atomic E-state index is -0.431. The van der Waals surface area contributed by atoms with Crippen LogP contribution in [0.3, 0.4) is 0 Å². The Morgan fingerprint density at radius 2 is 1.67 bits per heavy atom. The van der Waals surface area contributed by atoms with Gasteiger partial charge in [-0.15, -0.1) is 0 Å². The molecule has 0 atom stereocenters. The first-order valence-electron chi connectivity index (χ1n) is 6.94. The number of methoxy groups -OCH3 is 1. The van der Waals surface area contributed by atoms with Crippen LogP contribution in [0.4, 0.5) is 0 Å². The second-order valence-electron chi connectivity index (χ2n) is 4.79. The predicted molar refractivity (Wildman–Crippen MR) is 101 cm³/mol. The van der Waals surface area contributed by atoms with Crippen molar-refractivity contribution >= 4 is 34.2 Å². The van der Waals surface area contributed by atoms with E-state index in [2.05, 4.69) is 27.7 Å². The third kappa shape index (κ3) is 3.54. The average Bonchev–Trinajstić information content (AvgIpc) is 2.60. The van der Waals surface area contributed by atoms with Crippen LogP contribution in [0.25, 0.3) is 5.69 Å². The van der Waals surface area contributed by atoms with Crippen molar-refractivity contribution in [2.24, 2.45) is 0 Å². The first-order chi connectivity index (χ1) is 11.6. The van der Waals surface area contributed by atoms with E-state index in [1.165, 1.54) is 10.9 Å². The first kappa shape index (κ1) is 16.8. The summed E-state index contributed by atoms with van der Waals surface area (Å²) in [4.78, 5) is 12.7. The number of hydrogen-bond donors (Lipinski definition) is 0. The summed E-state index contributed by atoms with van der Waals surface area (Å²) in [5.74, 6) is 1.20. The van der Waals surface area contributed by atoms with Crippen LogP contribution < -0.4 is 15.0 Å². The largest absolute Gasteiger partial charge is 0.497 e. The maximum absolute atomic E-state index is 12.7. The molecule has 1 heterocycles. The number of ether oxygens (including phenoxy) is 2. The van der Waals surface area contributed by atoms with Crippen LogP contribution in [-0.4, -0.2) is 16.9 Å². The molecule has 122 valence electrons. The van der Waals surface area contributed by atoms with Crippen LogP contribution in [0.1, 0.15) is 0 Å². The fourth-order valence-corrected chi connectivity index (χ4v) is 2.56. The van der Waals surface area contributed by atoms with Gasteiger partial charge in [-0.05, 0) is 71.1 Å². The predicted octanol–water partition coefficient (Wildman–Crippen LogP) is 4.29. The highest BCUT2D eigenvalue weighted by atomic mass is 127. The van der Waals surface area contributed by atoms with E-state index < -0.39 is 5.56 Å². The quantitative estimate of drug-likeness (QED) is 0.552. The zero-order chi connectivity index (χ0) is 17.1. The molecule has 3 aromatic rings. The Morgan fingerprint density at radius 1 is 1.04 bits per heavy atom. The molecule has 0 bridgehead atoms. The minimum absolute atomic E-state index is 0.0235. The van der Waals surface area contributed by atoms with Crippen molar-refractivity contribution < 1.29 is 9.47 Å². The van der Waals surface area contributed by atoms with Gasteiger partial charge in [0, 0.05) is 3.57 Å². The fourth-order valence-electron chi connectivity index (χ4n) is 2.04. The molecule has 0 spiro atoms. The van der Waals surface area contributed by atoms with E-state index in [4.69, 9.17) is 21.1 Å². The monoisotopic (exact) mass is 454 g/mol. The molecule has 0 N–H and O–H groups in total. The summed E-state index contributed by atoms with van der Waals surface area (Å²) in [5, 5.41) is 4.23. The Hall–Kier alpha value is -2.06. The third-order valence-electron chi connectivity index (χ3n) is 3.24. The van der Waals surface area contributed by atoms with E-state index in [9.17, 15) is 4.79 Å². The number of halogens is 2. The van der Waals surface area contributed by atoms with Crippen LogP contribution in [-0.2, 0) is 0 Å². The molecule has 0 unspecified atom stereocenters. The van der Waals surface area contributed by atoms with E-state index in [0.29, 0.717) is 17.2 Å². The van der Waals surface area contributed by atoms with Gasteiger partial charge in [-0.3, -0.25) is 4.79 Å². The van der Waals surface area contributed by atoms with Gasteiger partial charge in [0.1, 0.15) is 16.5 Å². The third-order valence-corrected chi connectivity index (χ3v) is 4.23. The highest BCUT2D eigenvalue weighted by Crippen LogP contribution is 2.26. The van der Waals surface area contributed by atoms with Crippen molar-refractivity contribution in [3.05, 3.63) is 73.7 Å². The van der Waals surface area contributed by atoms with Crippen LogP contribution >= 0.6 is 34.2 Å². The number of nitrogens with zero attached hydrogens (tertiary/aromatic N) is 2. The molecule has 0 saturated carbocycles. The number of rotatable bonds is 4. The van der Waals surface area contributed by atoms with Gasteiger partial charge in [0.25, 0.3) is 0 Å². The molecule has 0 aliphatic carbocycles. The molecule has 0 saturated heterocycles. The Balaban J connectivity index is 1.99. The Labute approximate surface area is 156 Å². The Bertz CT molecular complexity index is 909. The molecular weight excluding hydrogens is 443 g/mol. The van der Waals surface area contributed by atoms with Crippen molar-refractivity contribution in [1.29, 1.82) is 0 Å². The summed E-state index contributed by atoms with van der Waals surface area (Å²) in [6.45, 7) is 0. The summed E-state index contributed by atoms with van der Waals surface area (Å²) in [6, 6.07) is 14.3. The van der Waals surface area contributed by atoms with Gasteiger partial charge in [-0.1, -0.05) is 11.6 Å². The van der Waals surface area contributed by atoms with E-state index in [1.807, 2.05) is 12.1 Å². The Morgan fingerprint density at radius 3 is 2.29 bits per heavy atom. The molecule has 3 rings (SSSR count). The molecule has 0 amide bonds. The Kier molecular flexibility index (Phi) is 5.06. The highest BCUT2D eigenvalue weighted by Gasteiger charge is 2.14. The lowest BCUT2D eigenvalue weighted by Crippen LogP contribution is -2.22. The first-order valence-corrected chi connectivity index (χ1v) is 8.40. The molecule has 0 radical (unpaired) electrons. The summed E-state index contributed by atoms with van der Waals surface area (Å²) in [6.07, 6.45) is 1.39. The molecule has 0 fully saturated rings. The molecule has 24 heavy (non-hydrogen) atoms. The van der Waals surface area contributed by atoms with Crippen LogP contribution in [0.5, 0.6) is 17.2 Å². The van der Waals surface area contributed by atoms with Gasteiger partial charge < -0.3 is 9.47 Å². The topological polar surface area (TPSA) is 53.4 Å². The van der Waals surface area contributed by atoms with Gasteiger partial charge in [0.05, 0.1) is 19.0 Å². The molecule has 7 heteroatoms. The standard InChI is InChI=1S/C17H12ClIN2O3/c1-23-13-6-8-14(9-7-13)24-16-15(18)10-20-21(17(16)22)12-4-2-11(19)3-5-12/h2-10H,1H3. The summed E-state index contributed by atoms with van der Waals surface area (Å²) in [5.41, 5.74) is 0.205. The van der Waals surface area contributed by atoms with E-state index in [0.717, 1.165) is 3.57 Å². The van der Waals surface area contributed by atoms with Gasteiger partial charge in [-0.2, -0.15) is 9.78 Å². The van der Waals surface area contributed by atoms with E-state index in [1.54, 1.807) is 43.5 Å². The van der Waals surface area contributed by atoms with Crippen molar-refractivity contribution in [2.75, 3.05) is 7.11 Å². The van der Waals surface area contributed by atoms with Crippen LogP contribution in [0.2, 0.25) is 5.02 Å².